The Kier molecular flexibility index (Phi) is 6.35. The predicted octanol–water partition coefficient (Wildman–Crippen LogP) is 3.04. The van der Waals surface area contributed by atoms with E-state index in [1.54, 1.807) is 0 Å². The van der Waals surface area contributed by atoms with Gasteiger partial charge in [-0.05, 0) is 51.7 Å². The Balaban J connectivity index is 2.38. The number of alkyl halides is 5. The topological polar surface area (TPSA) is 60.0 Å². The van der Waals surface area contributed by atoms with Crippen molar-refractivity contribution in [1.82, 2.24) is 5.32 Å². The number of aryl methyl sites for hydroxylation is 1. The molecule has 0 spiro atoms. The molecule has 0 aliphatic carbocycles. The first kappa shape index (κ1) is 22.9. The van der Waals surface area contributed by atoms with Crippen molar-refractivity contribution < 1.29 is 41.1 Å². The number of aliphatic hydroxyl groups excluding tert-OH is 1. The fourth-order valence-electron chi connectivity index (χ4n) is 2.77. The minimum absolute atomic E-state index is 0.218. The summed E-state index contributed by atoms with van der Waals surface area (Å²) in [5.41, 5.74) is -0.989. The fourth-order valence-corrected chi connectivity index (χ4v) is 2.77. The maximum absolute atomic E-state index is 12.9. The monoisotopic (exact) mass is 411 g/mol. The maximum Gasteiger partial charge on any atom is 0.494 e. The van der Waals surface area contributed by atoms with Crippen molar-refractivity contribution in [3.8, 4) is 5.75 Å². The Bertz CT molecular complexity index is 696. The Hall–Kier alpha value is -1.43. The molecule has 2 rings (SSSR count). The van der Waals surface area contributed by atoms with Gasteiger partial charge < -0.3 is 19.2 Å². The second-order valence-corrected chi connectivity index (χ2v) is 7.61. The number of halogens is 5. The van der Waals surface area contributed by atoms with Gasteiger partial charge in [0.2, 0.25) is 0 Å². The molecule has 0 radical (unpaired) electrons. The van der Waals surface area contributed by atoms with Crippen LogP contribution in [0.2, 0.25) is 0 Å². The largest absolute Gasteiger partial charge is 0.494 e. The molecule has 0 amide bonds. The molecule has 1 fully saturated rings. The van der Waals surface area contributed by atoms with Crippen molar-refractivity contribution in [2.75, 3.05) is 6.54 Å². The highest BCUT2D eigenvalue weighted by molar-refractivity contribution is 6.62. The molecular weight excluding hydrogens is 388 g/mol. The predicted molar refractivity (Wildman–Crippen MR) is 92.5 cm³/mol. The zero-order valence-electron chi connectivity index (χ0n) is 16.2. The lowest BCUT2D eigenvalue weighted by Crippen LogP contribution is -2.41. The van der Waals surface area contributed by atoms with E-state index in [9.17, 15) is 27.1 Å². The number of benzene rings is 1. The van der Waals surface area contributed by atoms with Crippen LogP contribution < -0.4 is 15.5 Å². The van der Waals surface area contributed by atoms with E-state index in [-0.39, 0.29) is 11.1 Å². The molecule has 0 bridgehead atoms. The van der Waals surface area contributed by atoms with Gasteiger partial charge in [-0.3, -0.25) is 5.32 Å². The molecule has 1 heterocycles. The Morgan fingerprint density at radius 3 is 2.14 bits per heavy atom. The van der Waals surface area contributed by atoms with E-state index in [1.165, 1.54) is 19.1 Å². The molecule has 1 atom stereocenters. The summed E-state index contributed by atoms with van der Waals surface area (Å²) >= 11 is 0. The standard InChI is InChI=1S/C17H23BF5NO4/c1-9-6-10(18-27-15(2,3)16(4,5)28-18)7-11(26-14(19)20)12(9)13(25)24-8-17(21,22)23/h6-7,13-14,24-25H,8H2,1-5H3. The third kappa shape index (κ3) is 5.13. The molecule has 28 heavy (non-hydrogen) atoms. The van der Waals surface area contributed by atoms with E-state index in [0.29, 0.717) is 5.46 Å². The van der Waals surface area contributed by atoms with Crippen LogP contribution in [0.3, 0.4) is 0 Å². The zero-order chi connectivity index (χ0) is 21.5. The average Bonchev–Trinajstić information content (AvgIpc) is 2.71. The Morgan fingerprint density at radius 1 is 1.14 bits per heavy atom. The lowest BCUT2D eigenvalue weighted by atomic mass is 9.77. The van der Waals surface area contributed by atoms with Crippen LogP contribution in [0.15, 0.2) is 12.1 Å². The SMILES string of the molecule is Cc1cc(B2OC(C)(C)C(C)(C)O2)cc(OC(F)F)c1C(O)NCC(F)(F)F. The van der Waals surface area contributed by atoms with Gasteiger partial charge in [0.1, 0.15) is 12.0 Å². The van der Waals surface area contributed by atoms with Gasteiger partial charge in [0.25, 0.3) is 0 Å². The highest BCUT2D eigenvalue weighted by Gasteiger charge is 2.52. The number of aliphatic hydroxyl groups is 1. The molecule has 0 aromatic heterocycles. The van der Waals surface area contributed by atoms with E-state index in [0.717, 1.165) is 0 Å². The summed E-state index contributed by atoms with van der Waals surface area (Å²) in [5.74, 6) is -0.457. The van der Waals surface area contributed by atoms with Crippen molar-refractivity contribution in [2.24, 2.45) is 0 Å². The fraction of sp³-hybridized carbons (Fsp3) is 0.647. The molecule has 1 aromatic rings. The summed E-state index contributed by atoms with van der Waals surface area (Å²) in [6, 6.07) is 2.67. The van der Waals surface area contributed by atoms with Crippen LogP contribution in [0.5, 0.6) is 5.75 Å². The van der Waals surface area contributed by atoms with Gasteiger partial charge >= 0.3 is 19.9 Å². The molecule has 2 N–H and O–H groups in total. The Labute approximate surface area is 160 Å². The van der Waals surface area contributed by atoms with Crippen LogP contribution in [0.25, 0.3) is 0 Å². The first-order chi connectivity index (χ1) is 12.6. The first-order valence-corrected chi connectivity index (χ1v) is 8.56. The minimum atomic E-state index is -4.58. The molecule has 11 heteroatoms. The second kappa shape index (κ2) is 7.77. The summed E-state index contributed by atoms with van der Waals surface area (Å²) < 4.78 is 79.1. The van der Waals surface area contributed by atoms with E-state index in [1.807, 2.05) is 33.0 Å². The number of hydrogen-bond donors (Lipinski definition) is 2. The van der Waals surface area contributed by atoms with E-state index in [2.05, 4.69) is 4.74 Å². The second-order valence-electron chi connectivity index (χ2n) is 7.61. The first-order valence-electron chi connectivity index (χ1n) is 8.56. The summed E-state index contributed by atoms with van der Waals surface area (Å²) in [7, 11) is -0.891. The van der Waals surface area contributed by atoms with Crippen LogP contribution in [0.4, 0.5) is 22.0 Å². The van der Waals surface area contributed by atoms with Gasteiger partial charge in [0.15, 0.2) is 0 Å². The number of hydrogen-bond acceptors (Lipinski definition) is 5. The van der Waals surface area contributed by atoms with Crippen LogP contribution in [-0.4, -0.2) is 42.8 Å². The third-order valence-electron chi connectivity index (χ3n) is 4.88. The molecule has 1 aliphatic heterocycles. The van der Waals surface area contributed by atoms with Crippen LogP contribution in [0.1, 0.15) is 45.0 Å². The number of nitrogens with one attached hydrogen (secondary N) is 1. The lowest BCUT2D eigenvalue weighted by Gasteiger charge is -2.32. The van der Waals surface area contributed by atoms with Gasteiger partial charge in [-0.25, -0.2) is 0 Å². The summed E-state index contributed by atoms with van der Waals surface area (Å²) in [6.45, 7) is 3.99. The van der Waals surface area contributed by atoms with Crippen molar-refractivity contribution in [1.29, 1.82) is 0 Å². The van der Waals surface area contributed by atoms with Crippen molar-refractivity contribution in [3.05, 3.63) is 23.3 Å². The number of ether oxygens (including phenoxy) is 1. The number of rotatable bonds is 6. The molecule has 1 aromatic carbocycles. The molecule has 5 nitrogen and oxygen atoms in total. The quantitative estimate of drug-likeness (QED) is 0.428. The molecule has 1 saturated heterocycles. The van der Waals surface area contributed by atoms with Crippen LogP contribution in [0, 0.1) is 6.92 Å². The molecule has 158 valence electrons. The zero-order valence-corrected chi connectivity index (χ0v) is 16.2. The van der Waals surface area contributed by atoms with Crippen LogP contribution in [-0.2, 0) is 9.31 Å². The Morgan fingerprint density at radius 2 is 1.68 bits per heavy atom. The van der Waals surface area contributed by atoms with E-state index in [4.69, 9.17) is 9.31 Å². The normalized spacial score (nSPS) is 19.9. The maximum atomic E-state index is 12.9. The van der Waals surface area contributed by atoms with Gasteiger partial charge in [0, 0.05) is 5.56 Å². The van der Waals surface area contributed by atoms with E-state index >= 15 is 0 Å². The van der Waals surface area contributed by atoms with E-state index < -0.39 is 49.6 Å². The summed E-state index contributed by atoms with van der Waals surface area (Å²) in [4.78, 5) is 0. The molecule has 1 aliphatic rings. The highest BCUT2D eigenvalue weighted by atomic mass is 19.4. The summed E-state index contributed by atoms with van der Waals surface area (Å²) in [6.07, 6.45) is -6.44. The van der Waals surface area contributed by atoms with Gasteiger partial charge in [-0.2, -0.15) is 22.0 Å². The van der Waals surface area contributed by atoms with Crippen molar-refractivity contribution in [2.45, 2.75) is 64.8 Å². The third-order valence-corrected chi connectivity index (χ3v) is 4.88. The average molecular weight is 411 g/mol. The van der Waals surface area contributed by atoms with Crippen molar-refractivity contribution >= 4 is 12.6 Å². The van der Waals surface area contributed by atoms with Gasteiger partial charge in [0.05, 0.1) is 17.7 Å². The lowest BCUT2D eigenvalue weighted by molar-refractivity contribution is -0.131. The highest BCUT2D eigenvalue weighted by Crippen LogP contribution is 2.37. The van der Waals surface area contributed by atoms with Gasteiger partial charge in [-0.15, -0.1) is 0 Å². The minimum Gasteiger partial charge on any atom is -0.434 e. The molecule has 0 saturated carbocycles. The smallest absolute Gasteiger partial charge is 0.434 e. The molecular formula is C17H23BF5NO4. The summed E-state index contributed by atoms with van der Waals surface area (Å²) in [5, 5.41) is 11.9. The van der Waals surface area contributed by atoms with Crippen LogP contribution >= 0.6 is 0 Å². The van der Waals surface area contributed by atoms with Crippen molar-refractivity contribution in [3.63, 3.8) is 0 Å². The molecule has 1 unspecified atom stereocenters. The van der Waals surface area contributed by atoms with Gasteiger partial charge in [-0.1, -0.05) is 6.07 Å².